The van der Waals surface area contributed by atoms with Crippen molar-refractivity contribution in [2.45, 2.75) is 6.42 Å². The zero-order valence-electron chi connectivity index (χ0n) is 29.6. The molecule has 258 valence electrons. The Morgan fingerprint density at radius 1 is 0.500 bits per heavy atom. The first-order valence-electron chi connectivity index (χ1n) is 18.0. The normalized spacial score (nSPS) is 11.7. The molecule has 3 heterocycles. The lowest BCUT2D eigenvalue weighted by Gasteiger charge is -2.12. The lowest BCUT2D eigenvalue weighted by atomic mass is 9.94. The Labute approximate surface area is 315 Å². The summed E-state index contributed by atoms with van der Waals surface area (Å²) in [5.41, 5.74) is 20.2. The SMILES string of the molecule is N/C(=C\C(=C/Cc1ccc(-c2ccccc2-c2ccc(-c3cc(-c4ccccc4)nc(-c4ccccc4)n3)cc2)cn1)c1ccccc1)c1ccccn1. The Kier molecular flexibility index (Phi) is 10.0. The monoisotopic (exact) mass is 695 g/mol. The number of nitrogens with two attached hydrogens (primary N) is 1. The average molecular weight is 696 g/mol. The smallest absolute Gasteiger partial charge is 0.160 e. The van der Waals surface area contributed by atoms with Crippen LogP contribution in [0.25, 0.3) is 67.4 Å². The molecule has 5 aromatic carbocycles. The summed E-state index contributed by atoms with van der Waals surface area (Å²) in [6.07, 6.45) is 8.53. The standard InChI is InChI=1S/C49H37N5/c50-45(46-22-12-13-31-51-46)32-40(35-14-4-1-5-15-35)27-29-42-30-28-41(34-52-42)44-21-11-10-20-43(44)36-23-25-38(26-24-36)48-33-47(37-16-6-2-7-17-37)53-49(54-48)39-18-8-3-9-19-39/h1-28,30-34H,29,50H2/b40-27+,45-32-. The highest BCUT2D eigenvalue weighted by Crippen LogP contribution is 2.34. The van der Waals surface area contributed by atoms with E-state index in [2.05, 4.69) is 102 Å². The molecule has 2 N–H and O–H groups in total. The van der Waals surface area contributed by atoms with E-state index in [0.717, 1.165) is 72.9 Å². The molecule has 54 heavy (non-hydrogen) atoms. The summed E-state index contributed by atoms with van der Waals surface area (Å²) >= 11 is 0. The number of hydrogen-bond acceptors (Lipinski definition) is 5. The number of nitrogens with zero attached hydrogens (tertiary/aromatic N) is 4. The summed E-state index contributed by atoms with van der Waals surface area (Å²) in [6.45, 7) is 0. The molecule has 0 bridgehead atoms. The van der Waals surface area contributed by atoms with Crippen molar-refractivity contribution in [2.75, 3.05) is 0 Å². The van der Waals surface area contributed by atoms with Crippen LogP contribution in [0.5, 0.6) is 0 Å². The second-order valence-corrected chi connectivity index (χ2v) is 12.9. The fourth-order valence-electron chi connectivity index (χ4n) is 6.46. The summed E-state index contributed by atoms with van der Waals surface area (Å²) in [5.74, 6) is 0.703. The van der Waals surface area contributed by atoms with E-state index in [1.807, 2.05) is 97.2 Å². The van der Waals surface area contributed by atoms with Crippen molar-refractivity contribution in [2.24, 2.45) is 5.73 Å². The molecule has 0 aliphatic rings. The molecule has 0 unspecified atom stereocenters. The van der Waals surface area contributed by atoms with Gasteiger partial charge in [0.1, 0.15) is 0 Å². The first-order chi connectivity index (χ1) is 26.7. The Hall–Kier alpha value is -7.24. The third-order valence-electron chi connectivity index (χ3n) is 9.29. The van der Waals surface area contributed by atoms with Gasteiger partial charge >= 0.3 is 0 Å². The van der Waals surface area contributed by atoms with Crippen LogP contribution in [-0.2, 0) is 6.42 Å². The second-order valence-electron chi connectivity index (χ2n) is 12.9. The van der Waals surface area contributed by atoms with Gasteiger partial charge in [0.15, 0.2) is 5.82 Å². The van der Waals surface area contributed by atoms with Crippen LogP contribution in [0.15, 0.2) is 200 Å². The van der Waals surface area contributed by atoms with E-state index in [-0.39, 0.29) is 0 Å². The van der Waals surface area contributed by atoms with Crippen molar-refractivity contribution < 1.29 is 0 Å². The van der Waals surface area contributed by atoms with Gasteiger partial charge in [0, 0.05) is 46.8 Å². The van der Waals surface area contributed by atoms with E-state index in [1.165, 1.54) is 0 Å². The number of benzene rings is 5. The molecule has 0 aliphatic carbocycles. The molecule has 0 spiro atoms. The van der Waals surface area contributed by atoms with Crippen molar-refractivity contribution in [3.8, 4) is 56.2 Å². The third-order valence-corrected chi connectivity index (χ3v) is 9.29. The molecule has 3 aromatic heterocycles. The van der Waals surface area contributed by atoms with Crippen LogP contribution >= 0.6 is 0 Å². The van der Waals surface area contributed by atoms with Crippen molar-refractivity contribution >= 4 is 11.3 Å². The van der Waals surface area contributed by atoms with Crippen molar-refractivity contribution in [3.63, 3.8) is 0 Å². The van der Waals surface area contributed by atoms with E-state index in [1.54, 1.807) is 6.20 Å². The maximum atomic E-state index is 6.48. The van der Waals surface area contributed by atoms with Crippen molar-refractivity contribution in [1.29, 1.82) is 0 Å². The Morgan fingerprint density at radius 3 is 1.69 bits per heavy atom. The molecule has 0 amide bonds. The highest BCUT2D eigenvalue weighted by atomic mass is 14.9. The van der Waals surface area contributed by atoms with E-state index < -0.39 is 0 Å². The number of hydrogen-bond donors (Lipinski definition) is 1. The van der Waals surface area contributed by atoms with Gasteiger partial charge in [-0.3, -0.25) is 9.97 Å². The topological polar surface area (TPSA) is 77.6 Å². The molecule has 0 saturated carbocycles. The summed E-state index contributed by atoms with van der Waals surface area (Å²) in [7, 11) is 0. The van der Waals surface area contributed by atoms with Crippen LogP contribution in [0.3, 0.4) is 0 Å². The molecular weight excluding hydrogens is 659 g/mol. The Morgan fingerprint density at radius 2 is 1.06 bits per heavy atom. The number of aromatic nitrogens is 4. The van der Waals surface area contributed by atoms with Gasteiger partial charge in [-0.05, 0) is 58.2 Å². The zero-order chi connectivity index (χ0) is 36.5. The highest BCUT2D eigenvalue weighted by Gasteiger charge is 2.13. The molecule has 5 heteroatoms. The molecule has 0 fully saturated rings. The quantitative estimate of drug-likeness (QED) is 0.144. The maximum Gasteiger partial charge on any atom is 0.160 e. The summed E-state index contributed by atoms with van der Waals surface area (Å²) in [4.78, 5) is 19.3. The van der Waals surface area contributed by atoms with Gasteiger partial charge in [-0.25, -0.2) is 9.97 Å². The molecule has 8 aromatic rings. The van der Waals surface area contributed by atoms with Gasteiger partial charge in [-0.1, -0.05) is 158 Å². The summed E-state index contributed by atoms with van der Waals surface area (Å²) in [5, 5.41) is 0. The zero-order valence-corrected chi connectivity index (χ0v) is 29.6. The molecular formula is C49H37N5. The van der Waals surface area contributed by atoms with Gasteiger partial charge in [-0.2, -0.15) is 0 Å². The van der Waals surface area contributed by atoms with Crippen LogP contribution in [0.2, 0.25) is 0 Å². The maximum absolute atomic E-state index is 6.48. The molecule has 0 saturated heterocycles. The summed E-state index contributed by atoms with van der Waals surface area (Å²) < 4.78 is 0. The molecule has 0 aliphatic heterocycles. The predicted octanol–water partition coefficient (Wildman–Crippen LogP) is 11.2. The molecule has 0 radical (unpaired) electrons. The predicted molar refractivity (Wildman–Crippen MR) is 222 cm³/mol. The van der Waals surface area contributed by atoms with Gasteiger partial charge < -0.3 is 5.73 Å². The van der Waals surface area contributed by atoms with Crippen LogP contribution < -0.4 is 5.73 Å². The fourth-order valence-corrected chi connectivity index (χ4v) is 6.46. The van der Waals surface area contributed by atoms with Gasteiger partial charge in [-0.15, -0.1) is 0 Å². The highest BCUT2D eigenvalue weighted by molar-refractivity contribution is 5.85. The van der Waals surface area contributed by atoms with Crippen molar-refractivity contribution in [3.05, 3.63) is 217 Å². The lowest BCUT2D eigenvalue weighted by molar-refractivity contribution is 1.11. The van der Waals surface area contributed by atoms with E-state index in [9.17, 15) is 0 Å². The van der Waals surface area contributed by atoms with Crippen LogP contribution in [-0.4, -0.2) is 19.9 Å². The minimum absolute atomic E-state index is 0.615. The first kappa shape index (κ1) is 33.9. The van der Waals surface area contributed by atoms with E-state index >= 15 is 0 Å². The molecule has 0 atom stereocenters. The van der Waals surface area contributed by atoms with Crippen molar-refractivity contribution in [1.82, 2.24) is 19.9 Å². The fraction of sp³-hybridized carbons (Fsp3) is 0.0204. The summed E-state index contributed by atoms with van der Waals surface area (Å²) in [6, 6.07) is 59.8. The van der Waals surface area contributed by atoms with Gasteiger partial charge in [0.2, 0.25) is 0 Å². The molecule has 5 nitrogen and oxygen atoms in total. The second kappa shape index (κ2) is 16.0. The minimum atomic E-state index is 0.615. The van der Waals surface area contributed by atoms with Crippen LogP contribution in [0.1, 0.15) is 17.0 Å². The van der Waals surface area contributed by atoms with Crippen LogP contribution in [0.4, 0.5) is 0 Å². The molecule has 8 rings (SSSR count). The van der Waals surface area contributed by atoms with E-state index in [0.29, 0.717) is 17.9 Å². The average Bonchev–Trinajstić information content (AvgIpc) is 3.26. The number of allylic oxidation sites excluding steroid dienone is 3. The van der Waals surface area contributed by atoms with Gasteiger partial charge in [0.05, 0.1) is 22.8 Å². The largest absolute Gasteiger partial charge is 0.397 e. The van der Waals surface area contributed by atoms with Crippen LogP contribution in [0, 0.1) is 0 Å². The number of pyridine rings is 2. The minimum Gasteiger partial charge on any atom is -0.397 e. The van der Waals surface area contributed by atoms with E-state index in [4.69, 9.17) is 20.7 Å². The Balaban J connectivity index is 1.06. The third kappa shape index (κ3) is 7.81. The first-order valence-corrected chi connectivity index (χ1v) is 18.0. The lowest BCUT2D eigenvalue weighted by Crippen LogP contribution is -1.99. The Bertz CT molecular complexity index is 2470. The van der Waals surface area contributed by atoms with Gasteiger partial charge in [0.25, 0.3) is 0 Å². The number of rotatable bonds is 10.